The van der Waals surface area contributed by atoms with Crippen LogP contribution in [0.4, 0.5) is 0 Å². The zero-order valence-electron chi connectivity index (χ0n) is 13.5. The molecule has 0 radical (unpaired) electrons. The molecule has 0 spiro atoms. The largest absolute Gasteiger partial charge is 0.481 e. The second kappa shape index (κ2) is 6.15. The number of hydrogen-bond acceptors (Lipinski definition) is 2. The first-order chi connectivity index (χ1) is 9.05. The fraction of sp³-hybridized carbons (Fsp3) is 0.875. The Morgan fingerprint density at radius 1 is 1.25 bits per heavy atom. The molecule has 1 fully saturated rings. The molecule has 4 nitrogen and oxygen atoms in total. The predicted molar refractivity (Wildman–Crippen MR) is 79.5 cm³/mol. The predicted octanol–water partition coefficient (Wildman–Crippen LogP) is 3.30. The van der Waals surface area contributed by atoms with Crippen molar-refractivity contribution in [3.05, 3.63) is 0 Å². The summed E-state index contributed by atoms with van der Waals surface area (Å²) in [5, 5.41) is 8.88. The fourth-order valence-corrected chi connectivity index (χ4v) is 3.12. The van der Waals surface area contributed by atoms with Gasteiger partial charge in [0.05, 0.1) is 6.42 Å². The fourth-order valence-electron chi connectivity index (χ4n) is 3.12. The van der Waals surface area contributed by atoms with Crippen LogP contribution in [0.15, 0.2) is 0 Å². The third kappa shape index (κ3) is 4.22. The zero-order valence-corrected chi connectivity index (χ0v) is 13.5. The maximum Gasteiger partial charge on any atom is 0.305 e. The quantitative estimate of drug-likeness (QED) is 0.861. The van der Waals surface area contributed by atoms with Gasteiger partial charge in [0.15, 0.2) is 0 Å². The molecule has 0 aromatic heterocycles. The molecule has 1 aliphatic rings. The molecule has 0 bridgehead atoms. The van der Waals surface area contributed by atoms with Crippen LogP contribution < -0.4 is 0 Å². The van der Waals surface area contributed by atoms with E-state index in [1.807, 2.05) is 20.8 Å². The number of nitrogens with zero attached hydrogens (tertiary/aromatic N) is 1. The summed E-state index contributed by atoms with van der Waals surface area (Å²) < 4.78 is 0. The standard InChI is InChI=1S/C16H29NO3/c1-15(2,3)17(11-9-13(18)19)14(20)12-8-6-7-10-16(12,4)5/h12H,6-11H2,1-5H3,(H,18,19). The molecule has 1 amide bonds. The molecule has 0 aliphatic heterocycles. The molecular weight excluding hydrogens is 254 g/mol. The number of carboxylic acid groups (broad SMARTS) is 1. The Morgan fingerprint density at radius 2 is 1.85 bits per heavy atom. The third-order valence-electron chi connectivity index (χ3n) is 4.43. The summed E-state index contributed by atoms with van der Waals surface area (Å²) in [5.41, 5.74) is -0.317. The van der Waals surface area contributed by atoms with Crippen molar-refractivity contribution in [3.63, 3.8) is 0 Å². The normalized spacial score (nSPS) is 22.4. The van der Waals surface area contributed by atoms with Gasteiger partial charge in [0.25, 0.3) is 0 Å². The summed E-state index contributed by atoms with van der Waals surface area (Å²) in [6, 6.07) is 0. The van der Waals surface area contributed by atoms with Crippen molar-refractivity contribution < 1.29 is 14.7 Å². The van der Waals surface area contributed by atoms with E-state index in [9.17, 15) is 9.59 Å². The third-order valence-corrected chi connectivity index (χ3v) is 4.43. The smallest absolute Gasteiger partial charge is 0.305 e. The highest BCUT2D eigenvalue weighted by Crippen LogP contribution is 2.42. The van der Waals surface area contributed by atoms with Crippen LogP contribution in [0.2, 0.25) is 0 Å². The van der Waals surface area contributed by atoms with E-state index in [2.05, 4.69) is 13.8 Å². The Balaban J connectivity index is 2.89. The number of carbonyl (C=O) groups is 2. The van der Waals surface area contributed by atoms with Crippen LogP contribution in [0, 0.1) is 11.3 Å². The van der Waals surface area contributed by atoms with E-state index in [0.29, 0.717) is 6.54 Å². The average Bonchev–Trinajstić information content (AvgIpc) is 2.25. The van der Waals surface area contributed by atoms with Crippen LogP contribution in [0.5, 0.6) is 0 Å². The minimum atomic E-state index is -0.852. The van der Waals surface area contributed by atoms with Crippen molar-refractivity contribution >= 4 is 11.9 Å². The molecule has 1 rings (SSSR count). The van der Waals surface area contributed by atoms with Crippen molar-refractivity contribution in [2.45, 2.75) is 72.3 Å². The Hall–Kier alpha value is -1.06. The van der Waals surface area contributed by atoms with E-state index in [4.69, 9.17) is 5.11 Å². The molecule has 20 heavy (non-hydrogen) atoms. The van der Waals surface area contributed by atoms with Crippen LogP contribution in [-0.2, 0) is 9.59 Å². The zero-order chi connectivity index (χ0) is 15.6. The Morgan fingerprint density at radius 3 is 2.30 bits per heavy atom. The first-order valence-electron chi connectivity index (χ1n) is 7.59. The second-order valence-electron chi connectivity index (χ2n) is 7.59. The minimum absolute atomic E-state index is 0.0101. The van der Waals surface area contributed by atoms with Gasteiger partial charge in [-0.25, -0.2) is 0 Å². The van der Waals surface area contributed by atoms with Gasteiger partial charge in [0.2, 0.25) is 5.91 Å². The summed E-state index contributed by atoms with van der Waals surface area (Å²) in [4.78, 5) is 25.5. The molecule has 0 saturated heterocycles. The summed E-state index contributed by atoms with van der Waals surface area (Å²) in [6.07, 6.45) is 4.28. The molecular formula is C16H29NO3. The Bertz CT molecular complexity index is 368. The lowest BCUT2D eigenvalue weighted by Gasteiger charge is -2.44. The van der Waals surface area contributed by atoms with E-state index in [0.717, 1.165) is 19.3 Å². The van der Waals surface area contributed by atoms with Crippen molar-refractivity contribution in [3.8, 4) is 0 Å². The molecule has 1 N–H and O–H groups in total. The Labute approximate surface area is 122 Å². The molecule has 1 atom stereocenters. The van der Waals surface area contributed by atoms with Crippen molar-refractivity contribution in [1.82, 2.24) is 4.90 Å². The summed E-state index contributed by atoms with van der Waals surface area (Å²) in [5.74, 6) is -0.706. The van der Waals surface area contributed by atoms with Crippen LogP contribution >= 0.6 is 0 Å². The number of aliphatic carboxylic acids is 1. The molecule has 1 aliphatic carbocycles. The van der Waals surface area contributed by atoms with Crippen molar-refractivity contribution in [1.29, 1.82) is 0 Å². The van der Waals surface area contributed by atoms with E-state index >= 15 is 0 Å². The summed E-state index contributed by atoms with van der Waals surface area (Å²) in [6.45, 7) is 10.5. The summed E-state index contributed by atoms with van der Waals surface area (Å²) >= 11 is 0. The first kappa shape index (κ1) is 17.0. The molecule has 0 aromatic rings. The number of rotatable bonds is 4. The van der Waals surface area contributed by atoms with Gasteiger partial charge in [-0.2, -0.15) is 0 Å². The van der Waals surface area contributed by atoms with Crippen LogP contribution in [0.1, 0.15) is 66.7 Å². The molecule has 116 valence electrons. The number of amides is 1. The number of carboxylic acids is 1. The highest BCUT2D eigenvalue weighted by molar-refractivity contribution is 5.81. The maximum atomic E-state index is 12.9. The molecule has 4 heteroatoms. The van der Waals surface area contributed by atoms with Gasteiger partial charge < -0.3 is 10.0 Å². The van der Waals surface area contributed by atoms with Gasteiger partial charge in [-0.3, -0.25) is 9.59 Å². The van der Waals surface area contributed by atoms with E-state index in [-0.39, 0.29) is 29.2 Å². The topological polar surface area (TPSA) is 57.6 Å². The van der Waals surface area contributed by atoms with Gasteiger partial charge >= 0.3 is 5.97 Å². The van der Waals surface area contributed by atoms with Gasteiger partial charge in [0, 0.05) is 18.0 Å². The minimum Gasteiger partial charge on any atom is -0.481 e. The van der Waals surface area contributed by atoms with E-state index in [1.54, 1.807) is 4.90 Å². The average molecular weight is 283 g/mol. The second-order valence-corrected chi connectivity index (χ2v) is 7.59. The molecule has 1 unspecified atom stereocenters. The molecule has 0 heterocycles. The van der Waals surface area contributed by atoms with Gasteiger partial charge in [-0.15, -0.1) is 0 Å². The van der Waals surface area contributed by atoms with Crippen molar-refractivity contribution in [2.75, 3.05) is 6.54 Å². The lowest BCUT2D eigenvalue weighted by Crippen LogP contribution is -2.52. The van der Waals surface area contributed by atoms with E-state index < -0.39 is 5.97 Å². The van der Waals surface area contributed by atoms with Gasteiger partial charge in [0.1, 0.15) is 0 Å². The first-order valence-corrected chi connectivity index (χ1v) is 7.59. The highest BCUT2D eigenvalue weighted by Gasteiger charge is 2.41. The lowest BCUT2D eigenvalue weighted by atomic mass is 9.68. The van der Waals surface area contributed by atoms with E-state index in [1.165, 1.54) is 6.42 Å². The summed E-state index contributed by atoms with van der Waals surface area (Å²) in [7, 11) is 0. The van der Waals surface area contributed by atoms with Gasteiger partial charge in [-0.05, 0) is 39.0 Å². The monoisotopic (exact) mass is 283 g/mol. The SMILES string of the molecule is CC1(C)CCCCC1C(=O)N(CCC(=O)O)C(C)(C)C. The van der Waals surface area contributed by atoms with Gasteiger partial charge in [-0.1, -0.05) is 26.7 Å². The number of carbonyl (C=O) groups excluding carboxylic acids is 1. The molecule has 0 aromatic carbocycles. The number of hydrogen-bond donors (Lipinski definition) is 1. The van der Waals surface area contributed by atoms with Crippen LogP contribution in [0.25, 0.3) is 0 Å². The van der Waals surface area contributed by atoms with Crippen molar-refractivity contribution in [2.24, 2.45) is 11.3 Å². The molecule has 1 saturated carbocycles. The Kier molecular flexibility index (Phi) is 5.22. The maximum absolute atomic E-state index is 12.9. The highest BCUT2D eigenvalue weighted by atomic mass is 16.4. The van der Waals surface area contributed by atoms with Crippen LogP contribution in [0.3, 0.4) is 0 Å². The van der Waals surface area contributed by atoms with Crippen LogP contribution in [-0.4, -0.2) is 34.0 Å². The lowest BCUT2D eigenvalue weighted by molar-refractivity contribution is -0.147.